The average Bonchev–Trinajstić information content (AvgIpc) is 3.53. The van der Waals surface area contributed by atoms with Gasteiger partial charge in [-0.25, -0.2) is 9.97 Å². The molecular weight excluding hydrogens is 462 g/mol. The van der Waals surface area contributed by atoms with Gasteiger partial charge in [0, 0.05) is 39.6 Å². The van der Waals surface area contributed by atoms with Crippen LogP contribution in [0.4, 0.5) is 0 Å². The summed E-state index contributed by atoms with van der Waals surface area (Å²) in [6, 6.07) is 44.9. The van der Waals surface area contributed by atoms with Gasteiger partial charge in [0.15, 0.2) is 5.82 Å². The van der Waals surface area contributed by atoms with E-state index in [4.69, 9.17) is 9.97 Å². The molecule has 0 fully saturated rings. The summed E-state index contributed by atoms with van der Waals surface area (Å²) in [7, 11) is 0. The minimum Gasteiger partial charge on any atom is -0.309 e. The van der Waals surface area contributed by atoms with Gasteiger partial charge in [-0.15, -0.1) is 0 Å². The molecule has 0 atom stereocenters. The Morgan fingerprint density at radius 1 is 0.526 bits per heavy atom. The maximum atomic E-state index is 5.16. The van der Waals surface area contributed by atoms with Crippen molar-refractivity contribution in [3.8, 4) is 39.5 Å². The molecule has 0 saturated heterocycles. The molecule has 0 saturated carbocycles. The molecule has 1 aliphatic carbocycles. The Labute approximate surface area is 220 Å². The van der Waals surface area contributed by atoms with Crippen molar-refractivity contribution in [1.29, 1.82) is 0 Å². The van der Waals surface area contributed by atoms with E-state index in [9.17, 15) is 0 Å². The molecule has 0 radical (unpaired) electrons. The van der Waals surface area contributed by atoms with E-state index in [-0.39, 0.29) is 0 Å². The van der Waals surface area contributed by atoms with Crippen molar-refractivity contribution in [2.24, 2.45) is 0 Å². The van der Waals surface area contributed by atoms with E-state index >= 15 is 0 Å². The monoisotopic (exact) mass is 485 g/mol. The standard InChI is InChI=1S/C35H23N3/c1-2-10-23(11-3-1)34-33-27-13-5-4-12-25(27)22-30(33)36-35(37-34)24-18-20-26(21-19-24)38-31-16-8-6-14-28(31)29-15-7-9-17-32(29)38/h1-21H,22H2. The van der Waals surface area contributed by atoms with Crippen LogP contribution in [-0.2, 0) is 6.42 Å². The summed E-state index contributed by atoms with van der Waals surface area (Å²) < 4.78 is 2.34. The van der Waals surface area contributed by atoms with Crippen molar-refractivity contribution >= 4 is 21.8 Å². The van der Waals surface area contributed by atoms with Gasteiger partial charge in [-0.05, 0) is 47.5 Å². The first-order chi connectivity index (χ1) is 18.8. The van der Waals surface area contributed by atoms with Crippen LogP contribution in [-0.4, -0.2) is 14.5 Å². The highest BCUT2D eigenvalue weighted by molar-refractivity contribution is 6.09. The lowest BCUT2D eigenvalue weighted by Crippen LogP contribution is -1.99. The molecule has 0 spiro atoms. The smallest absolute Gasteiger partial charge is 0.160 e. The number of aromatic nitrogens is 3. The number of para-hydroxylation sites is 2. The van der Waals surface area contributed by atoms with Crippen LogP contribution in [0.1, 0.15) is 11.3 Å². The maximum absolute atomic E-state index is 5.16. The molecule has 0 unspecified atom stereocenters. The Bertz CT molecular complexity index is 1930. The number of nitrogens with zero attached hydrogens (tertiary/aromatic N) is 3. The largest absolute Gasteiger partial charge is 0.309 e. The fourth-order valence-corrected chi connectivity index (χ4v) is 5.91. The van der Waals surface area contributed by atoms with E-state index in [2.05, 4.69) is 126 Å². The molecule has 3 nitrogen and oxygen atoms in total. The first-order valence-electron chi connectivity index (χ1n) is 13.0. The third kappa shape index (κ3) is 3.15. The predicted octanol–water partition coefficient (Wildman–Crippen LogP) is 8.48. The number of hydrogen-bond acceptors (Lipinski definition) is 2. The maximum Gasteiger partial charge on any atom is 0.160 e. The van der Waals surface area contributed by atoms with Crippen molar-refractivity contribution in [1.82, 2.24) is 14.5 Å². The quantitative estimate of drug-likeness (QED) is 0.251. The topological polar surface area (TPSA) is 30.7 Å². The van der Waals surface area contributed by atoms with Gasteiger partial charge >= 0.3 is 0 Å². The SMILES string of the molecule is c1ccc(-c2nc(-c3ccc(-n4c5ccccc5c5ccccc54)cc3)nc3c2-c2ccccc2C3)cc1. The summed E-state index contributed by atoms with van der Waals surface area (Å²) in [4.78, 5) is 10.3. The third-order valence-electron chi connectivity index (χ3n) is 7.64. The second-order valence-corrected chi connectivity index (χ2v) is 9.83. The van der Waals surface area contributed by atoms with Crippen molar-refractivity contribution in [3.63, 3.8) is 0 Å². The van der Waals surface area contributed by atoms with Crippen LogP contribution < -0.4 is 0 Å². The van der Waals surface area contributed by atoms with Crippen molar-refractivity contribution in [3.05, 3.63) is 139 Å². The predicted molar refractivity (Wildman–Crippen MR) is 155 cm³/mol. The zero-order valence-corrected chi connectivity index (χ0v) is 20.7. The third-order valence-corrected chi connectivity index (χ3v) is 7.64. The van der Waals surface area contributed by atoms with Crippen LogP contribution >= 0.6 is 0 Å². The van der Waals surface area contributed by atoms with Gasteiger partial charge in [0.2, 0.25) is 0 Å². The zero-order chi connectivity index (χ0) is 25.1. The fourth-order valence-electron chi connectivity index (χ4n) is 5.91. The van der Waals surface area contributed by atoms with Gasteiger partial charge in [-0.3, -0.25) is 0 Å². The Morgan fingerprint density at radius 3 is 1.89 bits per heavy atom. The summed E-state index contributed by atoms with van der Waals surface area (Å²) in [6.07, 6.45) is 0.834. The molecule has 38 heavy (non-hydrogen) atoms. The molecule has 178 valence electrons. The van der Waals surface area contributed by atoms with Gasteiger partial charge in [0.05, 0.1) is 22.4 Å². The van der Waals surface area contributed by atoms with E-state index < -0.39 is 0 Å². The van der Waals surface area contributed by atoms with Gasteiger partial charge < -0.3 is 4.57 Å². The normalized spacial score (nSPS) is 12.1. The Hall–Kier alpha value is -5.02. The average molecular weight is 486 g/mol. The lowest BCUT2D eigenvalue weighted by Gasteiger charge is -2.12. The van der Waals surface area contributed by atoms with Crippen LogP contribution in [0.15, 0.2) is 127 Å². The highest BCUT2D eigenvalue weighted by Crippen LogP contribution is 2.42. The molecule has 1 aliphatic rings. The summed E-state index contributed by atoms with van der Waals surface area (Å²) in [5.41, 5.74) is 11.5. The van der Waals surface area contributed by atoms with Crippen LogP contribution in [0, 0.1) is 0 Å². The van der Waals surface area contributed by atoms with Gasteiger partial charge in [0.1, 0.15) is 0 Å². The second kappa shape index (κ2) is 8.25. The van der Waals surface area contributed by atoms with E-state index in [1.54, 1.807) is 0 Å². The molecule has 0 bridgehead atoms. The number of hydrogen-bond donors (Lipinski definition) is 0. The highest BCUT2D eigenvalue weighted by atomic mass is 15.0. The van der Waals surface area contributed by atoms with Crippen molar-refractivity contribution < 1.29 is 0 Å². The van der Waals surface area contributed by atoms with Gasteiger partial charge in [-0.1, -0.05) is 91.0 Å². The molecule has 5 aromatic carbocycles. The van der Waals surface area contributed by atoms with Crippen molar-refractivity contribution in [2.75, 3.05) is 0 Å². The summed E-state index contributed by atoms with van der Waals surface area (Å²) in [5, 5.41) is 2.53. The van der Waals surface area contributed by atoms with Crippen LogP contribution in [0.3, 0.4) is 0 Å². The number of benzene rings is 5. The van der Waals surface area contributed by atoms with E-state index in [1.807, 2.05) is 6.07 Å². The van der Waals surface area contributed by atoms with E-state index in [0.717, 1.165) is 46.0 Å². The second-order valence-electron chi connectivity index (χ2n) is 9.83. The molecule has 2 aromatic heterocycles. The summed E-state index contributed by atoms with van der Waals surface area (Å²) >= 11 is 0. The highest BCUT2D eigenvalue weighted by Gasteiger charge is 2.25. The molecule has 0 N–H and O–H groups in total. The first-order valence-corrected chi connectivity index (χ1v) is 13.0. The molecule has 8 rings (SSSR count). The minimum atomic E-state index is 0.768. The molecule has 7 aromatic rings. The van der Waals surface area contributed by atoms with Crippen molar-refractivity contribution in [2.45, 2.75) is 6.42 Å². The summed E-state index contributed by atoms with van der Waals surface area (Å²) in [5.74, 6) is 0.768. The lowest BCUT2D eigenvalue weighted by atomic mass is 10.0. The Morgan fingerprint density at radius 2 is 1.16 bits per heavy atom. The van der Waals surface area contributed by atoms with Gasteiger partial charge in [0.25, 0.3) is 0 Å². The Balaban J connectivity index is 1.28. The van der Waals surface area contributed by atoms with Crippen LogP contribution in [0.25, 0.3) is 61.3 Å². The van der Waals surface area contributed by atoms with E-state index in [1.165, 1.54) is 32.9 Å². The van der Waals surface area contributed by atoms with Gasteiger partial charge in [-0.2, -0.15) is 0 Å². The Kier molecular flexibility index (Phi) is 4.58. The van der Waals surface area contributed by atoms with E-state index in [0.29, 0.717) is 0 Å². The van der Waals surface area contributed by atoms with Crippen LogP contribution in [0.2, 0.25) is 0 Å². The zero-order valence-electron chi connectivity index (χ0n) is 20.7. The lowest BCUT2D eigenvalue weighted by molar-refractivity contribution is 1.08. The number of fused-ring (bicyclic) bond motifs is 6. The number of rotatable bonds is 3. The molecule has 2 heterocycles. The molecule has 0 amide bonds. The molecular formula is C35H23N3. The molecule has 0 aliphatic heterocycles. The first kappa shape index (κ1) is 21.1. The minimum absolute atomic E-state index is 0.768. The fraction of sp³-hybridized carbons (Fsp3) is 0.0286. The molecule has 3 heteroatoms. The van der Waals surface area contributed by atoms with Crippen LogP contribution in [0.5, 0.6) is 0 Å². The summed E-state index contributed by atoms with van der Waals surface area (Å²) in [6.45, 7) is 0.